The average Bonchev–Trinajstić information content (AvgIpc) is 3.44. The Morgan fingerprint density at radius 2 is 1.74 bits per heavy atom. The highest BCUT2D eigenvalue weighted by Gasteiger charge is 2.20. The van der Waals surface area contributed by atoms with E-state index in [0.29, 0.717) is 11.2 Å². The van der Waals surface area contributed by atoms with Crippen LogP contribution in [0.3, 0.4) is 0 Å². The lowest BCUT2D eigenvalue weighted by Crippen LogP contribution is -1.94. The lowest BCUT2D eigenvalue weighted by atomic mass is 10.1. The maximum atomic E-state index is 13.1. The Morgan fingerprint density at radius 3 is 2.44 bits per heavy atom. The molecule has 0 fully saturated rings. The van der Waals surface area contributed by atoms with Crippen molar-refractivity contribution in [2.45, 2.75) is 0 Å². The molecule has 0 aliphatic heterocycles. The number of hydrogen-bond acceptors (Lipinski definition) is 6. The van der Waals surface area contributed by atoms with E-state index in [-0.39, 0.29) is 28.2 Å². The van der Waals surface area contributed by atoms with Crippen molar-refractivity contribution in [2.24, 2.45) is 10.2 Å². The summed E-state index contributed by atoms with van der Waals surface area (Å²) in [6, 6.07) is 22.5. The van der Waals surface area contributed by atoms with Gasteiger partial charge in [-0.3, -0.25) is 14.9 Å². The molecule has 0 spiro atoms. The summed E-state index contributed by atoms with van der Waals surface area (Å²) in [6.07, 6.45) is 1.57. The van der Waals surface area contributed by atoms with Crippen LogP contribution in [0, 0.1) is 10.1 Å². The van der Waals surface area contributed by atoms with E-state index >= 15 is 0 Å². The predicted molar refractivity (Wildman–Crippen MR) is 124 cm³/mol. The summed E-state index contributed by atoms with van der Waals surface area (Å²) in [4.78, 5) is 26.3. The van der Waals surface area contributed by atoms with Crippen LogP contribution in [0.25, 0.3) is 27.8 Å². The molecular weight excluding hydrogens is 436 g/mol. The fourth-order valence-corrected chi connectivity index (χ4v) is 3.57. The highest BCUT2D eigenvalue weighted by Crippen LogP contribution is 2.37. The number of rotatable bonds is 5. The van der Waals surface area contributed by atoms with Gasteiger partial charge < -0.3 is 10.1 Å². The molecule has 5 aromatic rings. The molecule has 10 heteroatoms. The van der Waals surface area contributed by atoms with Crippen molar-refractivity contribution in [3.8, 4) is 22.8 Å². The minimum atomic E-state index is -0.680. The number of carbonyl (C=O) groups is 1. The van der Waals surface area contributed by atoms with Gasteiger partial charge in [0.25, 0.3) is 11.6 Å². The van der Waals surface area contributed by atoms with Gasteiger partial charge in [-0.15, -0.1) is 10.2 Å². The number of fused-ring (bicyclic) bond motifs is 1. The lowest BCUT2D eigenvalue weighted by Gasteiger charge is -2.00. The summed E-state index contributed by atoms with van der Waals surface area (Å²) in [5.74, 6) is -1.03. The molecule has 0 saturated carbocycles. The van der Waals surface area contributed by atoms with Crippen LogP contribution in [0.15, 0.2) is 95.3 Å². The molecule has 10 nitrogen and oxygen atoms in total. The Labute approximate surface area is 192 Å². The number of benzene rings is 3. The van der Waals surface area contributed by atoms with E-state index in [1.165, 1.54) is 18.2 Å². The van der Waals surface area contributed by atoms with E-state index in [2.05, 4.69) is 20.3 Å². The topological polar surface area (TPSA) is 139 Å². The van der Waals surface area contributed by atoms with Crippen LogP contribution in [-0.2, 0) is 0 Å². The first-order valence-electron chi connectivity index (χ1n) is 10.2. The van der Waals surface area contributed by atoms with Crippen molar-refractivity contribution in [3.63, 3.8) is 0 Å². The summed E-state index contributed by atoms with van der Waals surface area (Å²) in [5.41, 5.74) is 2.30. The first-order valence-corrected chi connectivity index (χ1v) is 10.2. The normalized spacial score (nSPS) is 11.3. The molecule has 0 radical (unpaired) electrons. The van der Waals surface area contributed by atoms with Crippen molar-refractivity contribution in [1.29, 1.82) is 0 Å². The van der Waals surface area contributed by atoms with Gasteiger partial charge in [-0.25, -0.2) is 4.68 Å². The molecule has 1 amide bonds. The van der Waals surface area contributed by atoms with Crippen molar-refractivity contribution in [3.05, 3.63) is 101 Å². The maximum absolute atomic E-state index is 13.1. The molecular formula is C24H16N6O4. The quantitative estimate of drug-likeness (QED) is 0.204. The van der Waals surface area contributed by atoms with Crippen LogP contribution in [-0.4, -0.2) is 30.7 Å². The molecule has 0 atom stereocenters. The third kappa shape index (κ3) is 3.79. The number of aromatic hydroxyl groups is 1. The van der Waals surface area contributed by atoms with Gasteiger partial charge in [-0.1, -0.05) is 48.5 Å². The number of carbonyl (C=O) groups excluding carboxylic acids is 1. The van der Waals surface area contributed by atoms with Crippen molar-refractivity contribution >= 4 is 28.2 Å². The molecule has 2 N–H and O–H groups in total. The van der Waals surface area contributed by atoms with E-state index in [1.54, 1.807) is 10.9 Å². The molecule has 2 heterocycles. The Hall–Kier alpha value is -5.12. The van der Waals surface area contributed by atoms with Gasteiger partial charge >= 0.3 is 0 Å². The van der Waals surface area contributed by atoms with Gasteiger partial charge in [-0.05, 0) is 18.2 Å². The van der Waals surface area contributed by atoms with Crippen molar-refractivity contribution in [1.82, 2.24) is 14.8 Å². The number of hydrogen-bond donors (Lipinski definition) is 2. The van der Waals surface area contributed by atoms with Gasteiger partial charge in [-0.2, -0.15) is 5.10 Å². The number of aromatic amines is 1. The maximum Gasteiger partial charge on any atom is 0.299 e. The van der Waals surface area contributed by atoms with E-state index in [1.807, 2.05) is 60.7 Å². The van der Waals surface area contributed by atoms with Gasteiger partial charge in [0.1, 0.15) is 5.69 Å². The fourth-order valence-electron chi connectivity index (χ4n) is 3.57. The third-order valence-corrected chi connectivity index (χ3v) is 5.20. The van der Waals surface area contributed by atoms with Crippen molar-refractivity contribution in [2.75, 3.05) is 0 Å². The number of aromatic nitrogens is 3. The minimum Gasteiger partial charge on any atom is -0.493 e. The van der Waals surface area contributed by atoms with E-state index < -0.39 is 10.8 Å². The number of amides is 1. The summed E-state index contributed by atoms with van der Waals surface area (Å²) >= 11 is 0. The standard InChI is InChI=1S/C24H16N6O4/c31-23(27-26-22-18-13-17(30(33)34)11-12-20(18)25-24(22)32)19-14-29(16-9-5-2-6-10-16)28-21(19)15-7-3-1-4-8-15/h1-14,25,32H. The first kappa shape index (κ1) is 20.8. The second-order valence-electron chi connectivity index (χ2n) is 7.35. The lowest BCUT2D eigenvalue weighted by molar-refractivity contribution is -0.384. The Morgan fingerprint density at radius 1 is 1.03 bits per heavy atom. The van der Waals surface area contributed by atoms with E-state index in [0.717, 1.165) is 11.3 Å². The number of H-pyrrole nitrogens is 1. The van der Waals surface area contributed by atoms with Crippen LogP contribution in [0.4, 0.5) is 11.4 Å². The summed E-state index contributed by atoms with van der Waals surface area (Å²) in [7, 11) is 0. The molecule has 5 rings (SSSR count). The highest BCUT2D eigenvalue weighted by molar-refractivity contribution is 6.01. The zero-order chi connectivity index (χ0) is 23.7. The summed E-state index contributed by atoms with van der Waals surface area (Å²) < 4.78 is 1.58. The third-order valence-electron chi connectivity index (χ3n) is 5.20. The second-order valence-corrected chi connectivity index (χ2v) is 7.35. The number of nitro benzene ring substituents is 1. The summed E-state index contributed by atoms with van der Waals surface area (Å²) in [6.45, 7) is 0. The molecule has 0 aliphatic carbocycles. The molecule has 0 saturated heterocycles. The zero-order valence-electron chi connectivity index (χ0n) is 17.5. The Bertz CT molecular complexity index is 1550. The number of nitrogens with one attached hydrogen (secondary N) is 1. The number of azo groups is 1. The Kier molecular flexibility index (Phi) is 5.15. The monoisotopic (exact) mass is 452 g/mol. The number of nitrogens with zero attached hydrogens (tertiary/aromatic N) is 5. The zero-order valence-corrected chi connectivity index (χ0v) is 17.5. The molecule has 3 aromatic carbocycles. The Balaban J connectivity index is 1.56. The van der Waals surface area contributed by atoms with Gasteiger partial charge in [0.15, 0.2) is 5.69 Å². The first-order chi connectivity index (χ1) is 16.5. The average molecular weight is 452 g/mol. The van der Waals surface area contributed by atoms with Crippen LogP contribution < -0.4 is 0 Å². The van der Waals surface area contributed by atoms with E-state index in [4.69, 9.17) is 0 Å². The number of nitro groups is 1. The molecule has 0 aliphatic rings. The minimum absolute atomic E-state index is 0.0660. The highest BCUT2D eigenvalue weighted by atomic mass is 16.6. The number of para-hydroxylation sites is 1. The van der Waals surface area contributed by atoms with Gasteiger partial charge in [0, 0.05) is 29.3 Å². The molecule has 0 unspecified atom stereocenters. The fraction of sp³-hybridized carbons (Fsp3) is 0. The van der Waals surface area contributed by atoms with Crippen LogP contribution >= 0.6 is 0 Å². The van der Waals surface area contributed by atoms with Gasteiger partial charge in [0.2, 0.25) is 5.88 Å². The van der Waals surface area contributed by atoms with Crippen LogP contribution in [0.5, 0.6) is 5.88 Å². The predicted octanol–water partition coefficient (Wildman–Crippen LogP) is 5.56. The largest absolute Gasteiger partial charge is 0.493 e. The summed E-state index contributed by atoms with van der Waals surface area (Å²) in [5, 5.41) is 33.9. The van der Waals surface area contributed by atoms with Crippen molar-refractivity contribution < 1.29 is 14.8 Å². The molecule has 2 aromatic heterocycles. The molecule has 166 valence electrons. The van der Waals surface area contributed by atoms with Crippen LogP contribution in [0.2, 0.25) is 0 Å². The molecule has 34 heavy (non-hydrogen) atoms. The van der Waals surface area contributed by atoms with Crippen LogP contribution in [0.1, 0.15) is 10.4 Å². The SMILES string of the molecule is O=C(N=Nc1c(O)[nH]c2ccc([N+](=O)[O-])cc12)c1cn(-c2ccccc2)nc1-c1ccccc1. The second kappa shape index (κ2) is 8.43. The van der Waals surface area contributed by atoms with Gasteiger partial charge in [0.05, 0.1) is 21.7 Å². The molecule has 0 bridgehead atoms. The number of non-ortho nitro benzene ring substituents is 1. The smallest absolute Gasteiger partial charge is 0.299 e. The van der Waals surface area contributed by atoms with E-state index in [9.17, 15) is 20.0 Å².